The highest BCUT2D eigenvalue weighted by molar-refractivity contribution is 7.99. The second kappa shape index (κ2) is 7.63. The Balaban J connectivity index is 1.48. The zero-order chi connectivity index (χ0) is 18.1. The summed E-state index contributed by atoms with van der Waals surface area (Å²) in [5.74, 6) is 3.00. The van der Waals surface area contributed by atoms with Crippen LogP contribution in [0, 0.1) is 6.92 Å². The normalized spacial score (nSPS) is 21.3. The molecular weight excluding hydrogens is 390 g/mol. The summed E-state index contributed by atoms with van der Waals surface area (Å²) in [6.45, 7) is 5.32. The molecule has 0 unspecified atom stereocenters. The summed E-state index contributed by atoms with van der Waals surface area (Å²) in [5, 5.41) is 3.71. The summed E-state index contributed by atoms with van der Waals surface area (Å²) in [6.07, 6.45) is 3.41. The Kier molecular flexibility index (Phi) is 5.43. The number of thioether (sulfide) groups is 1. The average Bonchev–Trinajstić information content (AvgIpc) is 3.32. The lowest BCUT2D eigenvalue weighted by Crippen LogP contribution is -2.49. The maximum Gasteiger partial charge on any atom is 0.244 e. The van der Waals surface area contributed by atoms with Gasteiger partial charge in [0.05, 0.1) is 16.0 Å². The molecule has 0 aliphatic carbocycles. The summed E-state index contributed by atoms with van der Waals surface area (Å²) in [4.78, 5) is 4.55. The molecule has 0 bridgehead atoms. The van der Waals surface area contributed by atoms with Gasteiger partial charge in [-0.25, -0.2) is 8.42 Å². The first-order chi connectivity index (χ1) is 12.6. The van der Waals surface area contributed by atoms with E-state index in [1.165, 1.54) is 22.8 Å². The predicted octanol–water partition coefficient (Wildman–Crippen LogP) is 2.91. The molecule has 2 aliphatic rings. The Morgan fingerprint density at radius 2 is 1.92 bits per heavy atom. The third kappa shape index (κ3) is 3.60. The van der Waals surface area contributed by atoms with Gasteiger partial charge in [0, 0.05) is 54.7 Å². The molecule has 4 rings (SSSR count). The van der Waals surface area contributed by atoms with E-state index in [-0.39, 0.29) is 0 Å². The lowest BCUT2D eigenvalue weighted by atomic mass is 10.0. The maximum absolute atomic E-state index is 13.1. The van der Waals surface area contributed by atoms with Crippen LogP contribution in [-0.4, -0.2) is 66.5 Å². The van der Waals surface area contributed by atoms with E-state index in [1.807, 2.05) is 18.7 Å². The minimum Gasteiger partial charge on any atom is -0.355 e. The first-order valence-corrected chi connectivity index (χ1v) is 12.3. The average molecular weight is 414 g/mol. The second-order valence-corrected chi connectivity index (χ2v) is 11.1. The fraction of sp³-hybridized carbons (Fsp3) is 0.588. The van der Waals surface area contributed by atoms with Crippen LogP contribution in [0.25, 0.3) is 10.6 Å². The Morgan fingerprint density at radius 1 is 1.19 bits per heavy atom. The highest BCUT2D eigenvalue weighted by atomic mass is 32.2. The molecule has 0 amide bonds. The first kappa shape index (κ1) is 18.5. The van der Waals surface area contributed by atoms with E-state index in [2.05, 4.69) is 10.1 Å². The van der Waals surface area contributed by atoms with Gasteiger partial charge in [0.1, 0.15) is 0 Å². The van der Waals surface area contributed by atoms with Gasteiger partial charge < -0.3 is 4.52 Å². The zero-order valence-corrected chi connectivity index (χ0v) is 17.2. The summed E-state index contributed by atoms with van der Waals surface area (Å²) in [5.41, 5.74) is 0. The number of nitrogens with zero attached hydrogens (tertiary/aromatic N) is 3. The van der Waals surface area contributed by atoms with Crippen LogP contribution >= 0.6 is 23.1 Å². The predicted molar refractivity (Wildman–Crippen MR) is 105 cm³/mol. The van der Waals surface area contributed by atoms with Crippen LogP contribution in [0.2, 0.25) is 0 Å². The third-order valence-corrected chi connectivity index (χ3v) is 9.32. The Bertz CT molecular complexity index is 834. The fourth-order valence-corrected chi connectivity index (χ4v) is 7.63. The van der Waals surface area contributed by atoms with Crippen molar-refractivity contribution in [1.82, 2.24) is 14.4 Å². The van der Waals surface area contributed by atoms with Gasteiger partial charge in [-0.15, -0.1) is 11.3 Å². The highest BCUT2D eigenvalue weighted by Gasteiger charge is 2.33. The summed E-state index contributed by atoms with van der Waals surface area (Å²) < 4.78 is 33.1. The first-order valence-electron chi connectivity index (χ1n) is 8.89. The number of thiophene rings is 1. The minimum atomic E-state index is -3.46. The van der Waals surface area contributed by atoms with Crippen molar-refractivity contribution in [1.29, 1.82) is 0 Å². The maximum atomic E-state index is 13.1. The van der Waals surface area contributed by atoms with Crippen molar-refractivity contribution in [2.45, 2.75) is 30.7 Å². The van der Waals surface area contributed by atoms with Gasteiger partial charge in [0.15, 0.2) is 5.76 Å². The van der Waals surface area contributed by atoms with Crippen molar-refractivity contribution < 1.29 is 12.9 Å². The lowest BCUT2D eigenvalue weighted by molar-refractivity contribution is 0.151. The molecule has 142 valence electrons. The number of aromatic nitrogens is 1. The van der Waals surface area contributed by atoms with Crippen molar-refractivity contribution in [2.24, 2.45) is 0 Å². The summed E-state index contributed by atoms with van der Waals surface area (Å²) in [6, 6.07) is 4.00. The molecule has 2 aromatic heterocycles. The van der Waals surface area contributed by atoms with E-state index in [4.69, 9.17) is 4.52 Å². The van der Waals surface area contributed by atoms with E-state index < -0.39 is 10.0 Å². The van der Waals surface area contributed by atoms with E-state index in [1.54, 1.807) is 22.6 Å². The quantitative estimate of drug-likeness (QED) is 0.768. The van der Waals surface area contributed by atoms with Crippen LogP contribution in [-0.2, 0) is 10.0 Å². The van der Waals surface area contributed by atoms with Crippen molar-refractivity contribution in [3.05, 3.63) is 23.2 Å². The molecule has 9 heteroatoms. The highest BCUT2D eigenvalue weighted by Crippen LogP contribution is 2.35. The molecule has 2 fully saturated rings. The van der Waals surface area contributed by atoms with Crippen LogP contribution in [0.1, 0.15) is 17.7 Å². The van der Waals surface area contributed by atoms with Crippen LogP contribution in [0.3, 0.4) is 0 Å². The fourth-order valence-electron chi connectivity index (χ4n) is 3.72. The van der Waals surface area contributed by atoms with Gasteiger partial charge >= 0.3 is 0 Å². The van der Waals surface area contributed by atoms with Gasteiger partial charge in [-0.1, -0.05) is 5.16 Å². The molecule has 0 saturated carbocycles. The van der Waals surface area contributed by atoms with E-state index in [0.29, 0.717) is 29.8 Å². The molecule has 0 spiro atoms. The van der Waals surface area contributed by atoms with Crippen LogP contribution in [0.4, 0.5) is 0 Å². The third-order valence-electron chi connectivity index (χ3n) is 5.16. The molecule has 0 N–H and O–H groups in total. The number of sulfonamides is 1. The Morgan fingerprint density at radius 3 is 2.58 bits per heavy atom. The largest absolute Gasteiger partial charge is 0.355 e. The van der Waals surface area contributed by atoms with Crippen molar-refractivity contribution in [2.75, 3.05) is 37.7 Å². The number of hydrogen-bond acceptors (Lipinski definition) is 7. The molecule has 26 heavy (non-hydrogen) atoms. The van der Waals surface area contributed by atoms with Gasteiger partial charge in [-0.2, -0.15) is 16.1 Å². The second-order valence-electron chi connectivity index (χ2n) is 6.69. The summed E-state index contributed by atoms with van der Waals surface area (Å²) in [7, 11) is -3.46. The molecule has 0 atom stereocenters. The zero-order valence-electron chi connectivity index (χ0n) is 14.8. The number of rotatable bonds is 4. The molecule has 4 heterocycles. The lowest BCUT2D eigenvalue weighted by Gasteiger charge is -2.39. The van der Waals surface area contributed by atoms with Crippen LogP contribution in [0.15, 0.2) is 27.7 Å². The van der Waals surface area contributed by atoms with Gasteiger partial charge in [-0.3, -0.25) is 4.90 Å². The topological polar surface area (TPSA) is 66.7 Å². The SMILES string of the molecule is Cc1sc(-c2ccno2)cc1S(=O)(=O)N1CCC(N2CCSCC2)CC1. The molecule has 2 aromatic rings. The Hall–Kier alpha value is -0.870. The number of hydrogen-bond donors (Lipinski definition) is 0. The number of aryl methyl sites for hydroxylation is 1. The van der Waals surface area contributed by atoms with Crippen molar-refractivity contribution in [3.8, 4) is 10.6 Å². The molecule has 0 aromatic carbocycles. The standard InChI is InChI=1S/C17H23N3O3S3/c1-13-17(12-16(25-13)15-2-5-18-23-15)26(21,22)20-6-3-14(4-7-20)19-8-10-24-11-9-19/h2,5,12,14H,3-4,6-11H2,1H3. The van der Waals surface area contributed by atoms with E-state index >= 15 is 0 Å². The molecule has 2 saturated heterocycles. The monoisotopic (exact) mass is 413 g/mol. The van der Waals surface area contributed by atoms with Gasteiger partial charge in [0.25, 0.3) is 0 Å². The molecular formula is C17H23N3O3S3. The minimum absolute atomic E-state index is 0.404. The van der Waals surface area contributed by atoms with Crippen molar-refractivity contribution in [3.63, 3.8) is 0 Å². The van der Waals surface area contributed by atoms with Gasteiger partial charge in [0.2, 0.25) is 10.0 Å². The molecule has 2 aliphatic heterocycles. The van der Waals surface area contributed by atoms with E-state index in [0.717, 1.165) is 35.7 Å². The number of piperidine rings is 1. The van der Waals surface area contributed by atoms with Crippen molar-refractivity contribution >= 4 is 33.1 Å². The smallest absolute Gasteiger partial charge is 0.244 e. The molecule has 0 radical (unpaired) electrons. The Labute approximate surface area is 162 Å². The molecule has 6 nitrogen and oxygen atoms in total. The summed E-state index contributed by atoms with van der Waals surface area (Å²) >= 11 is 3.44. The van der Waals surface area contributed by atoms with Gasteiger partial charge in [-0.05, 0) is 25.8 Å². The van der Waals surface area contributed by atoms with E-state index in [9.17, 15) is 8.42 Å². The van der Waals surface area contributed by atoms with Crippen LogP contribution in [0.5, 0.6) is 0 Å². The van der Waals surface area contributed by atoms with Crippen LogP contribution < -0.4 is 0 Å².